The molecule has 0 fully saturated rings. The molecule has 0 radical (unpaired) electrons. The lowest BCUT2D eigenvalue weighted by molar-refractivity contribution is -0.156. The molecular weight excluding hydrogens is 614 g/mol. The number of rotatable bonds is 32. The third kappa shape index (κ3) is 28.4. The van der Waals surface area contributed by atoms with Crippen molar-refractivity contribution in [3.8, 4) is 0 Å². The van der Waals surface area contributed by atoms with Gasteiger partial charge in [-0.2, -0.15) is 0 Å². The topological polar surface area (TPSA) is 138 Å². The molecule has 13 nitrogen and oxygen atoms in total. The maximum absolute atomic E-state index is 12.1. The zero-order valence-corrected chi connectivity index (χ0v) is 29.1. The largest absolute Gasteiger partial charge is 0.460 e. The Bertz CT molecular complexity index is 879. The van der Waals surface area contributed by atoms with Crippen LogP contribution in [0.25, 0.3) is 0 Å². The van der Waals surface area contributed by atoms with E-state index in [4.69, 9.17) is 47.4 Å². The Morgan fingerprint density at radius 1 is 0.574 bits per heavy atom. The Balaban J connectivity index is 1.74. The van der Waals surface area contributed by atoms with E-state index in [9.17, 15) is 9.59 Å². The van der Waals surface area contributed by atoms with Gasteiger partial charge in [-0.1, -0.05) is 13.3 Å². The van der Waals surface area contributed by atoms with Crippen molar-refractivity contribution < 1.29 is 57.0 Å². The van der Waals surface area contributed by atoms with Gasteiger partial charge in [0.1, 0.15) is 12.2 Å². The molecule has 0 bridgehead atoms. The van der Waals surface area contributed by atoms with Gasteiger partial charge >= 0.3 is 11.9 Å². The normalized spacial score (nSPS) is 11.5. The second kappa shape index (κ2) is 29.8. The van der Waals surface area contributed by atoms with Crippen molar-refractivity contribution in [2.24, 2.45) is 0 Å². The van der Waals surface area contributed by atoms with Crippen molar-refractivity contribution in [2.45, 2.75) is 52.6 Å². The molecule has 1 rings (SSSR count). The van der Waals surface area contributed by atoms with Crippen molar-refractivity contribution in [3.63, 3.8) is 0 Å². The molecule has 0 spiro atoms. The van der Waals surface area contributed by atoms with Gasteiger partial charge in [-0.15, -0.1) is 0 Å². The molecule has 1 N–H and O–H groups in total. The van der Waals surface area contributed by atoms with E-state index in [2.05, 4.69) is 12.2 Å². The minimum Gasteiger partial charge on any atom is -0.460 e. The molecule has 13 heteroatoms. The SMILES string of the molecule is CCCCNc1ccc(C(=O)OCCOCCOCCOCCOCCOCCOCCOCCOCCC(=O)OC(C)(C)C)cc1. The molecule has 0 saturated heterocycles. The Labute approximate surface area is 281 Å². The van der Waals surface area contributed by atoms with Crippen LogP contribution in [0.4, 0.5) is 5.69 Å². The lowest BCUT2D eigenvalue weighted by Crippen LogP contribution is -2.24. The summed E-state index contributed by atoms with van der Waals surface area (Å²) in [5, 5.41) is 3.31. The van der Waals surface area contributed by atoms with E-state index < -0.39 is 5.60 Å². The molecule has 0 aromatic heterocycles. The zero-order chi connectivity index (χ0) is 34.3. The summed E-state index contributed by atoms with van der Waals surface area (Å²) < 4.78 is 54.0. The van der Waals surface area contributed by atoms with E-state index in [0.29, 0.717) is 111 Å². The fourth-order valence-corrected chi connectivity index (χ4v) is 3.60. The predicted octanol–water partition coefficient (Wildman–Crippen LogP) is 3.92. The number of carbonyl (C=O) groups excluding carboxylic acids is 2. The highest BCUT2D eigenvalue weighted by molar-refractivity contribution is 5.89. The summed E-state index contributed by atoms with van der Waals surface area (Å²) in [6.45, 7) is 15.8. The summed E-state index contributed by atoms with van der Waals surface area (Å²) in [7, 11) is 0. The number of unbranched alkanes of at least 4 members (excludes halogenated alkanes) is 1. The number of hydrogen-bond donors (Lipinski definition) is 1. The number of hydrogen-bond acceptors (Lipinski definition) is 13. The average Bonchev–Trinajstić information content (AvgIpc) is 3.04. The van der Waals surface area contributed by atoms with Gasteiger partial charge in [0, 0.05) is 12.2 Å². The molecule has 0 amide bonds. The maximum atomic E-state index is 12.1. The number of anilines is 1. The van der Waals surface area contributed by atoms with Crippen LogP contribution in [0.5, 0.6) is 0 Å². The summed E-state index contributed by atoms with van der Waals surface area (Å²) in [6, 6.07) is 7.28. The first-order valence-electron chi connectivity index (χ1n) is 16.7. The van der Waals surface area contributed by atoms with Crippen molar-refractivity contribution in [3.05, 3.63) is 29.8 Å². The van der Waals surface area contributed by atoms with Crippen LogP contribution in [0.15, 0.2) is 24.3 Å². The van der Waals surface area contributed by atoms with Crippen LogP contribution in [-0.4, -0.2) is 136 Å². The summed E-state index contributed by atoms with van der Waals surface area (Å²) in [5.74, 6) is -0.633. The second-order valence-electron chi connectivity index (χ2n) is 11.2. The highest BCUT2D eigenvalue weighted by Gasteiger charge is 2.15. The first kappa shape index (κ1) is 42.7. The standard InChI is InChI=1S/C34H59NO12/c1-5-6-12-35-31-9-7-30(8-10-31)33(37)46-29-28-45-27-26-44-25-24-43-23-22-42-21-20-41-19-18-40-17-16-39-15-14-38-13-11-32(36)47-34(2,3)4/h7-10,35H,5-6,11-29H2,1-4H3. The van der Waals surface area contributed by atoms with Crippen molar-refractivity contribution >= 4 is 17.6 Å². The molecule has 0 aliphatic carbocycles. The van der Waals surface area contributed by atoms with Gasteiger partial charge < -0.3 is 52.7 Å². The molecule has 0 aliphatic rings. The van der Waals surface area contributed by atoms with E-state index in [1.165, 1.54) is 0 Å². The van der Waals surface area contributed by atoms with E-state index >= 15 is 0 Å². The average molecular weight is 674 g/mol. The maximum Gasteiger partial charge on any atom is 0.338 e. The van der Waals surface area contributed by atoms with Gasteiger partial charge in [0.25, 0.3) is 0 Å². The number of nitrogens with one attached hydrogen (secondary N) is 1. The second-order valence-corrected chi connectivity index (χ2v) is 11.2. The van der Waals surface area contributed by atoms with Crippen molar-refractivity contribution in [2.75, 3.05) is 124 Å². The van der Waals surface area contributed by atoms with Gasteiger partial charge in [-0.05, 0) is 51.5 Å². The highest BCUT2D eigenvalue weighted by atomic mass is 16.6. The number of ether oxygens (including phenoxy) is 10. The lowest BCUT2D eigenvalue weighted by atomic mass is 10.2. The summed E-state index contributed by atoms with van der Waals surface area (Å²) >= 11 is 0. The molecule has 47 heavy (non-hydrogen) atoms. The number of benzene rings is 1. The van der Waals surface area contributed by atoms with Crippen LogP contribution in [0, 0.1) is 0 Å². The lowest BCUT2D eigenvalue weighted by Gasteiger charge is -2.19. The predicted molar refractivity (Wildman–Crippen MR) is 177 cm³/mol. The van der Waals surface area contributed by atoms with E-state index in [0.717, 1.165) is 25.1 Å². The summed E-state index contributed by atoms with van der Waals surface area (Å²) in [4.78, 5) is 23.7. The zero-order valence-electron chi connectivity index (χ0n) is 29.1. The van der Waals surface area contributed by atoms with Crippen molar-refractivity contribution in [1.82, 2.24) is 0 Å². The molecule has 1 aromatic carbocycles. The van der Waals surface area contributed by atoms with E-state index in [1.807, 2.05) is 32.9 Å². The Kier molecular flexibility index (Phi) is 27.0. The van der Waals surface area contributed by atoms with Crippen LogP contribution in [0.3, 0.4) is 0 Å². The Morgan fingerprint density at radius 2 is 0.957 bits per heavy atom. The fourth-order valence-electron chi connectivity index (χ4n) is 3.60. The van der Waals surface area contributed by atoms with Crippen LogP contribution in [-0.2, 0) is 52.2 Å². The van der Waals surface area contributed by atoms with Crippen LogP contribution in [0.2, 0.25) is 0 Å². The molecule has 1 aromatic rings. The van der Waals surface area contributed by atoms with Crippen molar-refractivity contribution in [1.29, 1.82) is 0 Å². The summed E-state index contributed by atoms with van der Waals surface area (Å²) in [6.07, 6.45) is 2.47. The number of carbonyl (C=O) groups is 2. The van der Waals surface area contributed by atoms with Gasteiger partial charge in [0.15, 0.2) is 0 Å². The smallest absolute Gasteiger partial charge is 0.338 e. The third-order valence-electron chi connectivity index (χ3n) is 5.92. The molecule has 272 valence electrons. The molecule has 0 heterocycles. The molecule has 0 saturated carbocycles. The summed E-state index contributed by atoms with van der Waals surface area (Å²) in [5.41, 5.74) is 1.03. The molecule has 0 aliphatic heterocycles. The first-order valence-corrected chi connectivity index (χ1v) is 16.7. The highest BCUT2D eigenvalue weighted by Crippen LogP contribution is 2.11. The van der Waals surface area contributed by atoms with Gasteiger partial charge in [0.2, 0.25) is 0 Å². The fraction of sp³-hybridized carbons (Fsp3) is 0.765. The molecular formula is C34H59NO12. The van der Waals surface area contributed by atoms with E-state index in [1.54, 1.807) is 12.1 Å². The first-order chi connectivity index (χ1) is 22.8. The third-order valence-corrected chi connectivity index (χ3v) is 5.92. The number of esters is 2. The minimum absolute atomic E-state index is 0.186. The minimum atomic E-state index is -0.477. The molecule has 0 unspecified atom stereocenters. The van der Waals surface area contributed by atoms with Crippen LogP contribution >= 0.6 is 0 Å². The van der Waals surface area contributed by atoms with Gasteiger partial charge in [-0.3, -0.25) is 4.79 Å². The van der Waals surface area contributed by atoms with Crippen LogP contribution < -0.4 is 5.32 Å². The van der Waals surface area contributed by atoms with Crippen LogP contribution in [0.1, 0.15) is 57.3 Å². The Morgan fingerprint density at radius 3 is 1.34 bits per heavy atom. The van der Waals surface area contributed by atoms with E-state index in [-0.39, 0.29) is 25.0 Å². The van der Waals surface area contributed by atoms with Gasteiger partial charge in [-0.25, -0.2) is 4.79 Å². The molecule has 0 atom stereocenters. The monoisotopic (exact) mass is 673 g/mol. The van der Waals surface area contributed by atoms with Gasteiger partial charge in [0.05, 0.1) is 118 Å². The Hall–Kier alpha value is -2.36. The quantitative estimate of drug-likeness (QED) is 0.0874.